The van der Waals surface area contributed by atoms with Gasteiger partial charge in [-0.3, -0.25) is 14.5 Å². The number of nitrogens with one attached hydrogen (secondary N) is 2. The van der Waals surface area contributed by atoms with E-state index in [-0.39, 0.29) is 5.91 Å². The molecule has 0 spiro atoms. The van der Waals surface area contributed by atoms with E-state index in [9.17, 15) is 10.1 Å². The summed E-state index contributed by atoms with van der Waals surface area (Å²) in [6.45, 7) is 3.32. The lowest BCUT2D eigenvalue weighted by atomic mass is 9.94. The van der Waals surface area contributed by atoms with Gasteiger partial charge >= 0.3 is 0 Å². The third kappa shape index (κ3) is 3.52. The van der Waals surface area contributed by atoms with Crippen LogP contribution in [0, 0.1) is 11.3 Å². The van der Waals surface area contributed by atoms with Crippen LogP contribution in [-0.2, 0) is 17.9 Å². The van der Waals surface area contributed by atoms with Gasteiger partial charge in [-0.15, -0.1) is 0 Å². The molecular formula is C23H20N8O. The normalized spacial score (nSPS) is 14.8. The predicted molar refractivity (Wildman–Crippen MR) is 119 cm³/mol. The first-order valence-electron chi connectivity index (χ1n) is 10.4. The fourth-order valence-corrected chi connectivity index (χ4v) is 3.90. The van der Waals surface area contributed by atoms with Crippen molar-refractivity contribution in [3.63, 3.8) is 0 Å². The van der Waals surface area contributed by atoms with Gasteiger partial charge in [0.1, 0.15) is 5.92 Å². The van der Waals surface area contributed by atoms with Crippen molar-refractivity contribution < 1.29 is 4.79 Å². The molecule has 5 rings (SSSR count). The fraction of sp³-hybridized carbons (Fsp3) is 0.217. The number of aromatic nitrogens is 5. The van der Waals surface area contributed by atoms with Gasteiger partial charge in [0.2, 0.25) is 11.9 Å². The molecular weight excluding hydrogens is 404 g/mol. The maximum absolute atomic E-state index is 13.0. The van der Waals surface area contributed by atoms with Crippen LogP contribution >= 0.6 is 0 Å². The molecule has 1 aliphatic heterocycles. The van der Waals surface area contributed by atoms with Gasteiger partial charge in [0.25, 0.3) is 0 Å². The van der Waals surface area contributed by atoms with Gasteiger partial charge in [-0.05, 0) is 47.9 Å². The molecule has 32 heavy (non-hydrogen) atoms. The van der Waals surface area contributed by atoms with Crippen molar-refractivity contribution in [1.29, 1.82) is 5.26 Å². The van der Waals surface area contributed by atoms with Gasteiger partial charge < -0.3 is 10.6 Å². The molecule has 1 atom stereocenters. The van der Waals surface area contributed by atoms with Gasteiger partial charge in [0, 0.05) is 37.4 Å². The summed E-state index contributed by atoms with van der Waals surface area (Å²) in [7, 11) is 0. The third-order valence-corrected chi connectivity index (χ3v) is 5.39. The van der Waals surface area contributed by atoms with Crippen LogP contribution in [0.3, 0.4) is 0 Å². The number of pyridine rings is 1. The minimum Gasteiger partial charge on any atom is -0.350 e. The molecule has 1 amide bonds. The molecule has 9 heteroatoms. The Morgan fingerprint density at radius 3 is 2.84 bits per heavy atom. The van der Waals surface area contributed by atoms with E-state index in [0.717, 1.165) is 29.5 Å². The second kappa shape index (κ2) is 8.07. The molecule has 9 nitrogen and oxygen atoms in total. The molecule has 0 saturated heterocycles. The summed E-state index contributed by atoms with van der Waals surface area (Å²) < 4.78 is 1.83. The molecule has 0 bridgehead atoms. The number of fused-ring (bicyclic) bond motifs is 2. The summed E-state index contributed by atoms with van der Waals surface area (Å²) >= 11 is 0. The summed E-state index contributed by atoms with van der Waals surface area (Å²) in [5, 5.41) is 20.8. The van der Waals surface area contributed by atoms with Crippen LogP contribution in [0.5, 0.6) is 0 Å². The highest BCUT2D eigenvalue weighted by Gasteiger charge is 2.35. The van der Waals surface area contributed by atoms with E-state index >= 15 is 0 Å². The average Bonchev–Trinajstić information content (AvgIpc) is 3.37. The van der Waals surface area contributed by atoms with Crippen molar-refractivity contribution in [2.45, 2.75) is 32.4 Å². The van der Waals surface area contributed by atoms with Crippen LogP contribution in [-0.4, -0.2) is 30.6 Å². The van der Waals surface area contributed by atoms with Crippen LogP contribution in [0.15, 0.2) is 48.9 Å². The van der Waals surface area contributed by atoms with Crippen molar-refractivity contribution in [2.75, 3.05) is 10.6 Å². The van der Waals surface area contributed by atoms with Crippen LogP contribution in [0.25, 0.3) is 11.0 Å². The van der Waals surface area contributed by atoms with Gasteiger partial charge in [-0.1, -0.05) is 6.92 Å². The molecule has 0 fully saturated rings. The summed E-state index contributed by atoms with van der Waals surface area (Å²) in [4.78, 5) is 26.3. The Morgan fingerprint density at radius 1 is 1.22 bits per heavy atom. The van der Waals surface area contributed by atoms with Crippen molar-refractivity contribution in [1.82, 2.24) is 24.7 Å². The first-order valence-corrected chi connectivity index (χ1v) is 10.4. The minimum atomic E-state index is -0.649. The van der Waals surface area contributed by atoms with E-state index in [1.165, 1.54) is 0 Å². The molecule has 4 heterocycles. The van der Waals surface area contributed by atoms with Crippen LogP contribution in [0.4, 0.5) is 11.6 Å². The fourth-order valence-electron chi connectivity index (χ4n) is 3.90. The number of hydrogen-bond donors (Lipinski definition) is 2. The molecule has 0 radical (unpaired) electrons. The number of carbonyl (C=O) groups is 1. The van der Waals surface area contributed by atoms with Crippen LogP contribution in [0.1, 0.15) is 41.6 Å². The van der Waals surface area contributed by atoms with Crippen LogP contribution < -0.4 is 10.6 Å². The van der Waals surface area contributed by atoms with E-state index in [1.54, 1.807) is 30.6 Å². The molecule has 0 aliphatic carbocycles. The monoisotopic (exact) mass is 424 g/mol. The predicted octanol–water partition coefficient (Wildman–Crippen LogP) is 3.20. The van der Waals surface area contributed by atoms with Crippen molar-refractivity contribution in [3.05, 3.63) is 71.3 Å². The van der Waals surface area contributed by atoms with E-state index in [1.807, 2.05) is 23.0 Å². The lowest BCUT2D eigenvalue weighted by Crippen LogP contribution is -2.16. The maximum Gasteiger partial charge on any atom is 0.238 e. The minimum absolute atomic E-state index is 0.182. The zero-order valence-corrected chi connectivity index (χ0v) is 17.4. The zero-order chi connectivity index (χ0) is 22.1. The summed E-state index contributed by atoms with van der Waals surface area (Å²) in [5.74, 6) is -0.438. The largest absolute Gasteiger partial charge is 0.350 e. The molecule has 1 aliphatic rings. The summed E-state index contributed by atoms with van der Waals surface area (Å²) in [6, 6.07) is 11.2. The molecule has 2 N–H and O–H groups in total. The van der Waals surface area contributed by atoms with E-state index in [2.05, 4.69) is 38.7 Å². The Labute approximate surface area is 184 Å². The molecule has 1 unspecified atom stereocenters. The number of nitriles is 1. The summed E-state index contributed by atoms with van der Waals surface area (Å²) in [6.07, 6.45) is 6.26. The molecule has 3 aromatic heterocycles. The van der Waals surface area contributed by atoms with Gasteiger partial charge in [-0.2, -0.15) is 15.3 Å². The van der Waals surface area contributed by atoms with Crippen molar-refractivity contribution in [3.8, 4) is 6.07 Å². The number of nitrogens with zero attached hydrogens (tertiary/aromatic N) is 6. The first-order chi connectivity index (χ1) is 15.7. The lowest BCUT2D eigenvalue weighted by Gasteiger charge is -2.12. The molecule has 158 valence electrons. The highest BCUT2D eigenvalue weighted by Crippen LogP contribution is 2.39. The lowest BCUT2D eigenvalue weighted by molar-refractivity contribution is -0.116. The Bertz CT molecular complexity index is 1360. The van der Waals surface area contributed by atoms with Crippen LogP contribution in [0.2, 0.25) is 0 Å². The quantitative estimate of drug-likeness (QED) is 0.487. The first kappa shape index (κ1) is 19.6. The second-order valence-electron chi connectivity index (χ2n) is 7.61. The Morgan fingerprint density at radius 2 is 2.06 bits per heavy atom. The van der Waals surface area contributed by atoms with Crippen molar-refractivity contribution >= 4 is 28.6 Å². The molecule has 4 aromatic rings. The van der Waals surface area contributed by atoms with E-state index in [0.29, 0.717) is 35.1 Å². The van der Waals surface area contributed by atoms with Gasteiger partial charge in [-0.25, -0.2) is 4.98 Å². The highest BCUT2D eigenvalue weighted by molar-refractivity contribution is 6.06. The second-order valence-corrected chi connectivity index (χ2v) is 7.61. The summed E-state index contributed by atoms with van der Waals surface area (Å²) in [5.41, 5.74) is 4.05. The number of aryl methyl sites for hydroxylation is 1. The smallest absolute Gasteiger partial charge is 0.238 e. The third-order valence-electron chi connectivity index (χ3n) is 5.39. The standard InChI is InChI=1S/C23H20N8O/c1-2-9-31-13-17-20(19-16-10-15(11-24)3-4-18(16)27-22(19)32)28-23(29-21(17)30-31)26-12-14-5-7-25-8-6-14/h3-8,10,13,19H,2,9,12H2,1H3,(H,27,32)(H,26,29,30). The molecule has 1 aromatic carbocycles. The maximum atomic E-state index is 13.0. The Balaban J connectivity index is 1.61. The van der Waals surface area contributed by atoms with Gasteiger partial charge in [0.15, 0.2) is 5.65 Å². The van der Waals surface area contributed by atoms with E-state index < -0.39 is 5.92 Å². The molecule has 0 saturated carbocycles. The van der Waals surface area contributed by atoms with Crippen molar-refractivity contribution in [2.24, 2.45) is 0 Å². The topological polar surface area (TPSA) is 121 Å². The van der Waals surface area contributed by atoms with Gasteiger partial charge in [0.05, 0.1) is 22.7 Å². The Kier molecular flexibility index (Phi) is 4.95. The SMILES string of the molecule is CCCn1cc2c(C3C(=O)Nc4ccc(C#N)cc43)nc(NCc3ccncc3)nc2n1. The number of carbonyl (C=O) groups excluding carboxylic acids is 1. The number of amides is 1. The number of anilines is 2. The van der Waals surface area contributed by atoms with E-state index in [4.69, 9.17) is 4.98 Å². The number of hydrogen-bond acceptors (Lipinski definition) is 7. The Hall–Kier alpha value is -4.32. The number of benzene rings is 1. The highest BCUT2D eigenvalue weighted by atomic mass is 16.2. The average molecular weight is 424 g/mol. The number of rotatable bonds is 6. The zero-order valence-electron chi connectivity index (χ0n) is 17.4.